The molecule has 0 aromatic heterocycles. The van der Waals surface area contributed by atoms with Crippen LogP contribution in [0.4, 0.5) is 0 Å². The summed E-state index contributed by atoms with van der Waals surface area (Å²) in [6.07, 6.45) is 0. The van der Waals surface area contributed by atoms with Gasteiger partial charge in [0.1, 0.15) is 0 Å². The third-order valence-electron chi connectivity index (χ3n) is 3.27. The van der Waals surface area contributed by atoms with Crippen LogP contribution in [0.5, 0.6) is 0 Å². The summed E-state index contributed by atoms with van der Waals surface area (Å²) in [7, 11) is 0. The Morgan fingerprint density at radius 2 is 1.43 bits per heavy atom. The lowest BCUT2D eigenvalue weighted by Gasteiger charge is -2.28. The second-order valence-electron chi connectivity index (χ2n) is 4.96. The van der Waals surface area contributed by atoms with Gasteiger partial charge in [-0.25, -0.2) is 0 Å². The fraction of sp³-hybridized carbons (Fsp3) is 0.235. The van der Waals surface area contributed by atoms with Crippen molar-refractivity contribution in [3.63, 3.8) is 0 Å². The molecule has 1 unspecified atom stereocenters. The topological polar surface area (TPSA) is 53.1 Å². The molecule has 2 aromatic rings. The highest BCUT2D eigenvalue weighted by molar-refractivity contribution is 8.14. The largest absolute Gasteiger partial charge is 0.379 e. The molecule has 0 aliphatic carbocycles. The Morgan fingerprint density at radius 1 is 1.00 bits per heavy atom. The van der Waals surface area contributed by atoms with Gasteiger partial charge in [0.05, 0.1) is 5.37 Å². The van der Waals surface area contributed by atoms with Crippen LogP contribution in [0, 0.1) is 5.41 Å². The molecule has 0 saturated heterocycles. The summed E-state index contributed by atoms with van der Waals surface area (Å²) < 4.78 is 0. The van der Waals surface area contributed by atoms with Crippen LogP contribution in [0.1, 0.15) is 18.1 Å². The standard InChI is InChI=1S/C17H21N3S/c1-14(21-17(18)19)20(12-15-8-4-2-5-9-15)13-16-10-6-3-7-11-16/h2-11,14H,12-13H2,1H3,(H3,18,19). The SMILES string of the molecule is CC(SC(=N)N)N(Cc1ccccc1)Cc1ccccc1. The van der Waals surface area contributed by atoms with Gasteiger partial charge in [0.15, 0.2) is 5.17 Å². The molecule has 4 heteroatoms. The smallest absolute Gasteiger partial charge is 0.152 e. The van der Waals surface area contributed by atoms with Crippen LogP contribution in [-0.2, 0) is 13.1 Å². The van der Waals surface area contributed by atoms with Crippen molar-refractivity contribution >= 4 is 16.9 Å². The maximum atomic E-state index is 7.49. The minimum absolute atomic E-state index is 0.155. The minimum atomic E-state index is 0.155. The average molecular weight is 299 g/mol. The summed E-state index contributed by atoms with van der Waals surface area (Å²) in [6.45, 7) is 3.78. The van der Waals surface area contributed by atoms with Gasteiger partial charge in [0.25, 0.3) is 0 Å². The van der Waals surface area contributed by atoms with E-state index in [9.17, 15) is 0 Å². The van der Waals surface area contributed by atoms with Crippen LogP contribution < -0.4 is 5.73 Å². The molecule has 2 rings (SSSR count). The van der Waals surface area contributed by atoms with Crippen molar-refractivity contribution in [2.75, 3.05) is 0 Å². The lowest BCUT2D eigenvalue weighted by Crippen LogP contribution is -2.31. The molecule has 0 spiro atoms. The van der Waals surface area contributed by atoms with Crippen molar-refractivity contribution in [2.45, 2.75) is 25.4 Å². The Bertz CT molecular complexity index is 515. The van der Waals surface area contributed by atoms with Gasteiger partial charge >= 0.3 is 0 Å². The number of nitrogens with two attached hydrogens (primary N) is 1. The quantitative estimate of drug-likeness (QED) is 0.486. The molecule has 1 atom stereocenters. The summed E-state index contributed by atoms with van der Waals surface area (Å²) in [5.41, 5.74) is 8.07. The molecule has 0 radical (unpaired) electrons. The molecule has 21 heavy (non-hydrogen) atoms. The first kappa shape index (κ1) is 15.6. The zero-order chi connectivity index (χ0) is 15.1. The first-order valence-electron chi connectivity index (χ1n) is 6.97. The molecule has 0 fully saturated rings. The average Bonchev–Trinajstić information content (AvgIpc) is 2.48. The van der Waals surface area contributed by atoms with Crippen LogP contribution >= 0.6 is 11.8 Å². The first-order chi connectivity index (χ1) is 10.1. The predicted octanol–water partition coefficient (Wildman–Crippen LogP) is 3.66. The van der Waals surface area contributed by atoms with Crippen LogP contribution in [0.3, 0.4) is 0 Å². The van der Waals surface area contributed by atoms with Crippen molar-refractivity contribution in [2.24, 2.45) is 5.73 Å². The Hall–Kier alpha value is -1.78. The van der Waals surface area contributed by atoms with E-state index in [0.29, 0.717) is 0 Å². The summed E-state index contributed by atoms with van der Waals surface area (Å²) >= 11 is 1.39. The fourth-order valence-electron chi connectivity index (χ4n) is 2.21. The van der Waals surface area contributed by atoms with Gasteiger partial charge in [-0.15, -0.1) is 0 Å². The highest BCUT2D eigenvalue weighted by atomic mass is 32.2. The van der Waals surface area contributed by atoms with Gasteiger partial charge in [-0.3, -0.25) is 10.3 Å². The Morgan fingerprint density at radius 3 is 1.81 bits per heavy atom. The van der Waals surface area contributed by atoms with E-state index >= 15 is 0 Å². The molecule has 3 nitrogen and oxygen atoms in total. The Kier molecular flexibility index (Phi) is 5.84. The van der Waals surface area contributed by atoms with Crippen molar-refractivity contribution < 1.29 is 0 Å². The van der Waals surface area contributed by atoms with Gasteiger partial charge < -0.3 is 5.73 Å². The van der Waals surface area contributed by atoms with Gasteiger partial charge in [-0.1, -0.05) is 72.4 Å². The molecule has 3 N–H and O–H groups in total. The maximum Gasteiger partial charge on any atom is 0.152 e. The van der Waals surface area contributed by atoms with Gasteiger partial charge in [0, 0.05) is 13.1 Å². The summed E-state index contributed by atoms with van der Waals surface area (Å²) in [6, 6.07) is 20.8. The molecular weight excluding hydrogens is 278 g/mol. The zero-order valence-electron chi connectivity index (χ0n) is 12.2. The van der Waals surface area contributed by atoms with Gasteiger partial charge in [0.2, 0.25) is 0 Å². The highest BCUT2D eigenvalue weighted by Gasteiger charge is 2.16. The molecule has 0 saturated carbocycles. The molecule has 0 bridgehead atoms. The molecule has 0 heterocycles. The van der Waals surface area contributed by atoms with E-state index in [4.69, 9.17) is 11.1 Å². The number of hydrogen-bond donors (Lipinski definition) is 2. The van der Waals surface area contributed by atoms with Gasteiger partial charge in [-0.05, 0) is 18.1 Å². The first-order valence-corrected chi connectivity index (χ1v) is 7.85. The number of nitrogens with one attached hydrogen (secondary N) is 1. The fourth-order valence-corrected chi connectivity index (χ4v) is 2.87. The highest BCUT2D eigenvalue weighted by Crippen LogP contribution is 2.20. The van der Waals surface area contributed by atoms with Crippen LogP contribution in [0.15, 0.2) is 60.7 Å². The van der Waals surface area contributed by atoms with E-state index in [1.54, 1.807) is 0 Å². The normalized spacial score (nSPS) is 12.3. The number of nitrogens with zero attached hydrogens (tertiary/aromatic N) is 1. The third kappa shape index (κ3) is 5.25. The minimum Gasteiger partial charge on any atom is -0.379 e. The molecule has 0 aliphatic rings. The van der Waals surface area contributed by atoms with Gasteiger partial charge in [-0.2, -0.15) is 0 Å². The van der Waals surface area contributed by atoms with E-state index in [-0.39, 0.29) is 10.5 Å². The number of thioether (sulfide) groups is 1. The lowest BCUT2D eigenvalue weighted by atomic mass is 10.1. The Balaban J connectivity index is 2.11. The summed E-state index contributed by atoms with van der Waals surface area (Å²) in [4.78, 5) is 2.33. The second-order valence-corrected chi connectivity index (χ2v) is 6.32. The van der Waals surface area contributed by atoms with Crippen molar-refractivity contribution in [3.8, 4) is 0 Å². The van der Waals surface area contributed by atoms with Crippen LogP contribution in [0.2, 0.25) is 0 Å². The summed E-state index contributed by atoms with van der Waals surface area (Å²) in [5.74, 6) is 0. The molecule has 110 valence electrons. The van der Waals surface area contributed by atoms with E-state index in [1.165, 1.54) is 22.9 Å². The van der Waals surface area contributed by atoms with Crippen molar-refractivity contribution in [1.29, 1.82) is 5.41 Å². The number of benzene rings is 2. The molecule has 2 aromatic carbocycles. The lowest BCUT2D eigenvalue weighted by molar-refractivity contribution is 0.250. The van der Waals surface area contributed by atoms with E-state index < -0.39 is 0 Å². The molecular formula is C17H21N3S. The van der Waals surface area contributed by atoms with Crippen LogP contribution in [-0.4, -0.2) is 15.4 Å². The molecule has 0 aliphatic heterocycles. The second kappa shape index (κ2) is 7.86. The van der Waals surface area contributed by atoms with E-state index in [0.717, 1.165) is 13.1 Å². The van der Waals surface area contributed by atoms with Crippen molar-refractivity contribution in [3.05, 3.63) is 71.8 Å². The zero-order valence-corrected chi connectivity index (χ0v) is 13.0. The number of rotatable bonds is 6. The monoisotopic (exact) mass is 299 g/mol. The predicted molar refractivity (Wildman–Crippen MR) is 91.1 cm³/mol. The van der Waals surface area contributed by atoms with Crippen molar-refractivity contribution in [1.82, 2.24) is 4.90 Å². The van der Waals surface area contributed by atoms with Crippen LogP contribution in [0.25, 0.3) is 0 Å². The number of hydrogen-bond acceptors (Lipinski definition) is 3. The maximum absolute atomic E-state index is 7.49. The summed E-state index contributed by atoms with van der Waals surface area (Å²) in [5, 5.41) is 7.81. The number of amidine groups is 1. The molecule has 0 amide bonds. The third-order valence-corrected chi connectivity index (χ3v) is 4.16. The van der Waals surface area contributed by atoms with E-state index in [1.807, 2.05) is 12.1 Å². The van der Waals surface area contributed by atoms with E-state index in [2.05, 4.69) is 60.4 Å². The Labute approximate surface area is 130 Å².